The first kappa shape index (κ1) is 19.5. The lowest BCUT2D eigenvalue weighted by atomic mass is 10.1. The predicted octanol–water partition coefficient (Wildman–Crippen LogP) is 3.69. The van der Waals surface area contributed by atoms with E-state index in [4.69, 9.17) is 4.74 Å². The fourth-order valence-corrected chi connectivity index (χ4v) is 3.56. The van der Waals surface area contributed by atoms with Gasteiger partial charge in [-0.15, -0.1) is 0 Å². The van der Waals surface area contributed by atoms with Gasteiger partial charge in [-0.25, -0.2) is 13.9 Å². The van der Waals surface area contributed by atoms with Crippen molar-refractivity contribution < 1.29 is 19.0 Å². The number of hydrogen-bond acceptors (Lipinski definition) is 6. The number of aromatic nitrogens is 5. The van der Waals surface area contributed by atoms with E-state index in [1.54, 1.807) is 36.9 Å². The summed E-state index contributed by atoms with van der Waals surface area (Å²) in [4.78, 5) is 17.0. The van der Waals surface area contributed by atoms with Crippen LogP contribution in [0.1, 0.15) is 15.9 Å². The van der Waals surface area contributed by atoms with Gasteiger partial charge in [-0.2, -0.15) is 10.2 Å². The number of ether oxygens (including phenoxy) is 1. The highest BCUT2D eigenvalue weighted by Crippen LogP contribution is 2.31. The summed E-state index contributed by atoms with van der Waals surface area (Å²) >= 11 is 0. The summed E-state index contributed by atoms with van der Waals surface area (Å²) in [5.41, 5.74) is 2.48. The number of nitrogens with zero attached hydrogens (tertiary/aromatic N) is 4. The zero-order chi connectivity index (χ0) is 22.4. The lowest BCUT2D eigenvalue weighted by molar-refractivity contribution is 0.102. The number of rotatable bonds is 4. The van der Waals surface area contributed by atoms with Crippen molar-refractivity contribution >= 4 is 28.3 Å². The second-order valence-electron chi connectivity index (χ2n) is 7.20. The molecule has 5 rings (SSSR count). The topological polar surface area (TPSA) is 117 Å². The Bertz CT molecular complexity index is 1510. The molecule has 1 aromatic carbocycles. The van der Waals surface area contributed by atoms with Crippen molar-refractivity contribution in [3.8, 4) is 22.8 Å². The lowest BCUT2D eigenvalue weighted by Gasteiger charge is -2.07. The third-order valence-electron chi connectivity index (χ3n) is 5.18. The largest absolute Gasteiger partial charge is 0.508 e. The number of benzene rings is 1. The first-order valence-electron chi connectivity index (χ1n) is 9.62. The van der Waals surface area contributed by atoms with Gasteiger partial charge in [0.15, 0.2) is 17.3 Å². The van der Waals surface area contributed by atoms with Crippen LogP contribution in [0.2, 0.25) is 0 Å². The summed E-state index contributed by atoms with van der Waals surface area (Å²) in [5, 5.41) is 23.6. The third-order valence-corrected chi connectivity index (χ3v) is 5.18. The SMILES string of the molecule is COc1ccn2ncc(-c3nc4[nH]nc(NC(=O)c5ccc(O)cc5C)c4cc3F)c2c1. The number of anilines is 1. The van der Waals surface area contributed by atoms with Crippen LogP contribution in [-0.4, -0.2) is 42.9 Å². The molecular weight excluding hydrogens is 415 g/mol. The molecule has 4 heterocycles. The Hall–Kier alpha value is -4.47. The van der Waals surface area contributed by atoms with Crippen molar-refractivity contribution in [2.75, 3.05) is 12.4 Å². The van der Waals surface area contributed by atoms with Crippen molar-refractivity contribution in [1.82, 2.24) is 24.8 Å². The number of pyridine rings is 2. The maximum atomic E-state index is 15.1. The maximum Gasteiger partial charge on any atom is 0.257 e. The summed E-state index contributed by atoms with van der Waals surface area (Å²) in [5.74, 6) is -0.204. The van der Waals surface area contributed by atoms with Crippen molar-refractivity contribution in [3.63, 3.8) is 0 Å². The van der Waals surface area contributed by atoms with E-state index < -0.39 is 11.7 Å². The van der Waals surface area contributed by atoms with Gasteiger partial charge in [-0.1, -0.05) is 0 Å². The summed E-state index contributed by atoms with van der Waals surface area (Å²) in [7, 11) is 1.55. The van der Waals surface area contributed by atoms with E-state index in [0.29, 0.717) is 39.0 Å². The number of carbonyl (C=O) groups is 1. The van der Waals surface area contributed by atoms with Crippen LogP contribution < -0.4 is 10.1 Å². The first-order valence-corrected chi connectivity index (χ1v) is 9.62. The second kappa shape index (κ2) is 7.34. The maximum absolute atomic E-state index is 15.1. The highest BCUT2D eigenvalue weighted by molar-refractivity contribution is 6.08. The van der Waals surface area contributed by atoms with E-state index >= 15 is 4.39 Å². The molecule has 32 heavy (non-hydrogen) atoms. The van der Waals surface area contributed by atoms with Gasteiger partial charge in [0.05, 0.1) is 24.2 Å². The number of fused-ring (bicyclic) bond motifs is 2. The van der Waals surface area contributed by atoms with Crippen molar-refractivity contribution in [2.45, 2.75) is 6.92 Å². The molecule has 1 amide bonds. The minimum atomic E-state index is -0.590. The van der Waals surface area contributed by atoms with Crippen LogP contribution in [0.3, 0.4) is 0 Å². The number of amides is 1. The third kappa shape index (κ3) is 3.18. The van der Waals surface area contributed by atoms with Gasteiger partial charge >= 0.3 is 0 Å². The molecule has 0 saturated carbocycles. The highest BCUT2D eigenvalue weighted by atomic mass is 19.1. The van der Waals surface area contributed by atoms with Crippen LogP contribution in [0.25, 0.3) is 27.8 Å². The van der Waals surface area contributed by atoms with E-state index in [0.717, 1.165) is 0 Å². The van der Waals surface area contributed by atoms with Crippen LogP contribution in [-0.2, 0) is 0 Å². The number of aromatic hydroxyl groups is 1. The Morgan fingerprint density at radius 1 is 1.25 bits per heavy atom. The van der Waals surface area contributed by atoms with Crippen molar-refractivity contribution in [3.05, 3.63) is 65.7 Å². The number of halogens is 1. The molecule has 4 aromatic heterocycles. The molecule has 0 fully saturated rings. The van der Waals surface area contributed by atoms with Crippen LogP contribution in [0.4, 0.5) is 10.2 Å². The van der Waals surface area contributed by atoms with Crippen LogP contribution in [0.5, 0.6) is 11.5 Å². The van der Waals surface area contributed by atoms with Crippen LogP contribution in [0, 0.1) is 12.7 Å². The smallest absolute Gasteiger partial charge is 0.257 e. The van der Waals surface area contributed by atoms with E-state index in [9.17, 15) is 9.90 Å². The Labute approximate surface area is 180 Å². The van der Waals surface area contributed by atoms with Gasteiger partial charge in [0.2, 0.25) is 0 Å². The zero-order valence-corrected chi connectivity index (χ0v) is 17.0. The van der Waals surface area contributed by atoms with E-state index in [2.05, 4.69) is 25.6 Å². The van der Waals surface area contributed by atoms with E-state index in [1.165, 1.54) is 30.5 Å². The lowest BCUT2D eigenvalue weighted by Crippen LogP contribution is -2.13. The molecule has 0 aliphatic rings. The molecule has 0 spiro atoms. The molecular formula is C22H17FN6O3. The Morgan fingerprint density at radius 2 is 2.09 bits per heavy atom. The highest BCUT2D eigenvalue weighted by Gasteiger charge is 2.19. The molecule has 0 atom stereocenters. The molecule has 5 aromatic rings. The summed E-state index contributed by atoms with van der Waals surface area (Å²) in [6.45, 7) is 1.70. The fraction of sp³-hybridized carbons (Fsp3) is 0.0909. The minimum Gasteiger partial charge on any atom is -0.508 e. The number of aromatic amines is 1. The van der Waals surface area contributed by atoms with Crippen LogP contribution >= 0.6 is 0 Å². The summed E-state index contributed by atoms with van der Waals surface area (Å²) < 4.78 is 22.0. The van der Waals surface area contributed by atoms with Crippen molar-refractivity contribution in [1.29, 1.82) is 0 Å². The average Bonchev–Trinajstić information content (AvgIpc) is 3.36. The Balaban J connectivity index is 1.53. The van der Waals surface area contributed by atoms with Gasteiger partial charge in [-0.3, -0.25) is 9.89 Å². The summed E-state index contributed by atoms with van der Waals surface area (Å²) in [6.07, 6.45) is 3.24. The van der Waals surface area contributed by atoms with Gasteiger partial charge in [0, 0.05) is 23.4 Å². The number of H-pyrrole nitrogens is 1. The molecule has 0 radical (unpaired) electrons. The monoisotopic (exact) mass is 432 g/mol. The van der Waals surface area contributed by atoms with E-state index in [-0.39, 0.29) is 17.3 Å². The first-order chi connectivity index (χ1) is 15.4. The van der Waals surface area contributed by atoms with Crippen LogP contribution in [0.15, 0.2) is 48.8 Å². The van der Waals surface area contributed by atoms with Gasteiger partial charge in [-0.05, 0) is 42.8 Å². The molecule has 160 valence electrons. The minimum absolute atomic E-state index is 0.0633. The fourth-order valence-electron chi connectivity index (χ4n) is 3.56. The molecule has 3 N–H and O–H groups in total. The standard InChI is InChI=1S/C22H17FN6O3/c1-11-7-12(30)3-4-14(11)22(31)26-21-15-9-17(23)19(25-20(15)27-28-21)16-10-24-29-6-5-13(32-2)8-18(16)29/h3-10,30H,1-2H3,(H2,25,26,27,28,31). The number of aryl methyl sites for hydroxylation is 1. The number of nitrogens with one attached hydrogen (secondary N) is 2. The molecule has 9 nitrogen and oxygen atoms in total. The molecule has 10 heteroatoms. The molecule has 0 aliphatic carbocycles. The number of methoxy groups -OCH3 is 1. The summed E-state index contributed by atoms with van der Waals surface area (Å²) in [6, 6.07) is 9.16. The van der Waals surface area contributed by atoms with Gasteiger partial charge < -0.3 is 15.2 Å². The second-order valence-corrected chi connectivity index (χ2v) is 7.20. The van der Waals surface area contributed by atoms with Crippen molar-refractivity contribution in [2.24, 2.45) is 0 Å². The molecule has 0 saturated heterocycles. The van der Waals surface area contributed by atoms with Gasteiger partial charge in [0.1, 0.15) is 17.2 Å². The Morgan fingerprint density at radius 3 is 2.88 bits per heavy atom. The number of carbonyl (C=O) groups excluding carboxylic acids is 1. The quantitative estimate of drug-likeness (QED) is 0.399. The van der Waals surface area contributed by atoms with Gasteiger partial charge in [0.25, 0.3) is 5.91 Å². The zero-order valence-electron chi connectivity index (χ0n) is 17.0. The number of hydrogen-bond donors (Lipinski definition) is 3. The number of phenols is 1. The number of phenolic OH excluding ortho intramolecular Hbond substituents is 1. The van der Waals surface area contributed by atoms with E-state index in [1.807, 2.05) is 0 Å². The molecule has 0 bridgehead atoms. The Kier molecular flexibility index (Phi) is 4.47. The average molecular weight is 432 g/mol. The molecule has 0 unspecified atom stereocenters. The molecule has 0 aliphatic heterocycles. The normalized spacial score (nSPS) is 11.2. The predicted molar refractivity (Wildman–Crippen MR) is 115 cm³/mol.